The quantitative estimate of drug-likeness (QED) is 0.366. The molecule has 9 nitrogen and oxygen atoms in total. The van der Waals surface area contributed by atoms with Gasteiger partial charge in [-0.15, -0.1) is 28.8 Å². The standard InChI is InChI=1S/C30H36N6O3S.ClH/c37-27-9-8-26(29(39)32-27)36-19-25(33-34-36)22-16-24(40-20-22)17-28(38)31-23-6-4-21(5-7-23)18-35-14-12-30(13-15-35)10-2-1-3-11-30;/h4-7,16,19-20,26H,1-3,8-15,17-18H2,(H,31,38)(H,32,37,39);1H. The lowest BCUT2D eigenvalue weighted by molar-refractivity contribution is -0.136. The molecule has 3 amide bonds. The Morgan fingerprint density at radius 3 is 2.56 bits per heavy atom. The summed E-state index contributed by atoms with van der Waals surface area (Å²) in [7, 11) is 0. The number of carbonyl (C=O) groups is 3. The van der Waals surface area contributed by atoms with Gasteiger partial charge in [-0.2, -0.15) is 0 Å². The molecule has 11 heteroatoms. The Morgan fingerprint density at radius 1 is 1.07 bits per heavy atom. The molecule has 1 spiro atoms. The molecule has 6 rings (SSSR count). The minimum atomic E-state index is -0.539. The summed E-state index contributed by atoms with van der Waals surface area (Å²) in [5.74, 6) is -0.687. The number of benzene rings is 1. The van der Waals surface area contributed by atoms with Crippen LogP contribution < -0.4 is 10.6 Å². The van der Waals surface area contributed by atoms with Gasteiger partial charge < -0.3 is 5.32 Å². The number of halogens is 1. The van der Waals surface area contributed by atoms with Crippen LogP contribution in [0.5, 0.6) is 0 Å². The van der Waals surface area contributed by atoms with Crippen LogP contribution in [0, 0.1) is 5.41 Å². The normalized spacial score (nSPS) is 20.8. The van der Waals surface area contributed by atoms with E-state index in [4.69, 9.17) is 0 Å². The Hall–Kier alpha value is -3.08. The summed E-state index contributed by atoms with van der Waals surface area (Å²) in [5.41, 5.74) is 4.19. The number of imide groups is 1. The Morgan fingerprint density at radius 2 is 1.83 bits per heavy atom. The first kappa shape index (κ1) is 29.4. The van der Waals surface area contributed by atoms with Crippen LogP contribution in [0.3, 0.4) is 0 Å². The zero-order chi connectivity index (χ0) is 27.5. The van der Waals surface area contributed by atoms with E-state index in [9.17, 15) is 14.4 Å². The number of nitrogens with zero attached hydrogens (tertiary/aromatic N) is 4. The number of hydrogen-bond acceptors (Lipinski definition) is 7. The van der Waals surface area contributed by atoms with Crippen LogP contribution in [0.2, 0.25) is 0 Å². The third-order valence-corrected chi connectivity index (χ3v) is 9.74. The number of nitrogens with one attached hydrogen (secondary N) is 2. The maximum absolute atomic E-state index is 12.7. The van der Waals surface area contributed by atoms with Crippen LogP contribution in [-0.2, 0) is 27.3 Å². The molecule has 2 aliphatic heterocycles. The predicted octanol–water partition coefficient (Wildman–Crippen LogP) is 5.13. The fourth-order valence-corrected chi connectivity index (χ4v) is 7.28. The minimum absolute atomic E-state index is 0. The number of hydrogen-bond donors (Lipinski definition) is 2. The van der Waals surface area contributed by atoms with Crippen molar-refractivity contribution >= 4 is 47.2 Å². The number of piperidine rings is 2. The summed E-state index contributed by atoms with van der Waals surface area (Å²) in [5, 5.41) is 15.6. The number of rotatable bonds is 7. The van der Waals surface area contributed by atoms with E-state index in [0.29, 0.717) is 17.5 Å². The first-order chi connectivity index (χ1) is 19.4. The van der Waals surface area contributed by atoms with Crippen molar-refractivity contribution in [3.05, 3.63) is 52.3 Å². The summed E-state index contributed by atoms with van der Waals surface area (Å²) in [4.78, 5) is 39.8. The molecule has 3 fully saturated rings. The number of likely N-dealkylation sites (tertiary alicyclic amines) is 1. The van der Waals surface area contributed by atoms with Crippen LogP contribution in [0.15, 0.2) is 41.9 Å². The first-order valence-electron chi connectivity index (χ1n) is 14.4. The molecule has 2 aromatic heterocycles. The molecule has 218 valence electrons. The predicted molar refractivity (Wildman–Crippen MR) is 161 cm³/mol. The summed E-state index contributed by atoms with van der Waals surface area (Å²) in [6.07, 6.45) is 12.4. The fraction of sp³-hybridized carbons (Fsp3) is 0.500. The molecular formula is C30H37ClN6O3S. The fourth-order valence-electron chi connectivity index (χ4n) is 6.41. The molecule has 1 aromatic carbocycles. The number of thiophene rings is 1. The Kier molecular flexibility index (Phi) is 9.21. The van der Waals surface area contributed by atoms with Gasteiger partial charge in [-0.25, -0.2) is 4.68 Å². The van der Waals surface area contributed by atoms with E-state index >= 15 is 0 Å². The number of anilines is 1. The highest BCUT2D eigenvalue weighted by Crippen LogP contribution is 2.44. The van der Waals surface area contributed by atoms with E-state index in [1.807, 2.05) is 23.6 Å². The molecule has 1 atom stereocenters. The van der Waals surface area contributed by atoms with E-state index in [0.717, 1.165) is 22.7 Å². The molecule has 4 heterocycles. The highest BCUT2D eigenvalue weighted by molar-refractivity contribution is 7.10. The molecule has 41 heavy (non-hydrogen) atoms. The number of aromatic nitrogens is 3. The SMILES string of the molecule is Cl.O=C1CCC(n2cc(-c3csc(CC(=O)Nc4ccc(CN5CCC6(CCCCC6)CC5)cc4)c3)nn2)C(=O)N1. The average Bonchev–Trinajstić information content (AvgIpc) is 3.62. The molecule has 2 N–H and O–H groups in total. The number of carbonyl (C=O) groups excluding carboxylic acids is 3. The van der Waals surface area contributed by atoms with Gasteiger partial charge in [0.2, 0.25) is 11.8 Å². The maximum Gasteiger partial charge on any atom is 0.251 e. The van der Waals surface area contributed by atoms with Gasteiger partial charge in [0.1, 0.15) is 11.7 Å². The lowest BCUT2D eigenvalue weighted by atomic mass is 9.68. The van der Waals surface area contributed by atoms with Crippen LogP contribution in [0.25, 0.3) is 11.3 Å². The summed E-state index contributed by atoms with van der Waals surface area (Å²) < 4.78 is 1.50. The van der Waals surface area contributed by atoms with Gasteiger partial charge in [0, 0.05) is 34.5 Å². The third kappa shape index (κ3) is 7.05. The minimum Gasteiger partial charge on any atom is -0.326 e. The summed E-state index contributed by atoms with van der Waals surface area (Å²) in [6.45, 7) is 3.35. The van der Waals surface area contributed by atoms with E-state index in [2.05, 4.69) is 38.0 Å². The average molecular weight is 597 g/mol. The molecular weight excluding hydrogens is 560 g/mol. The molecule has 1 saturated carbocycles. The maximum atomic E-state index is 12.7. The molecule has 0 radical (unpaired) electrons. The van der Waals surface area contributed by atoms with Crippen LogP contribution in [0.1, 0.15) is 74.3 Å². The second-order valence-electron chi connectivity index (χ2n) is 11.6. The van der Waals surface area contributed by atoms with Gasteiger partial charge in [0.15, 0.2) is 0 Å². The Labute approximate surface area is 250 Å². The number of amides is 3. The Balaban J connectivity index is 0.00000337. The molecule has 1 aliphatic carbocycles. The monoisotopic (exact) mass is 596 g/mol. The smallest absolute Gasteiger partial charge is 0.251 e. The van der Waals surface area contributed by atoms with Crippen molar-refractivity contribution < 1.29 is 14.4 Å². The van der Waals surface area contributed by atoms with Gasteiger partial charge in [-0.1, -0.05) is 36.6 Å². The topological polar surface area (TPSA) is 109 Å². The second-order valence-corrected chi connectivity index (χ2v) is 12.6. The third-order valence-electron chi connectivity index (χ3n) is 8.80. The highest BCUT2D eigenvalue weighted by atomic mass is 35.5. The van der Waals surface area contributed by atoms with Crippen molar-refractivity contribution in [3.8, 4) is 11.3 Å². The zero-order valence-corrected chi connectivity index (χ0v) is 24.8. The van der Waals surface area contributed by atoms with Crippen LogP contribution in [0.4, 0.5) is 5.69 Å². The van der Waals surface area contributed by atoms with Gasteiger partial charge in [0.05, 0.1) is 12.6 Å². The summed E-state index contributed by atoms with van der Waals surface area (Å²) >= 11 is 1.49. The van der Waals surface area contributed by atoms with E-state index in [1.165, 1.54) is 79.6 Å². The molecule has 3 aromatic rings. The van der Waals surface area contributed by atoms with Gasteiger partial charge in [-0.05, 0) is 74.4 Å². The second kappa shape index (κ2) is 12.8. The molecule has 0 bridgehead atoms. The first-order valence-corrected chi connectivity index (χ1v) is 15.3. The van der Waals surface area contributed by atoms with Gasteiger partial charge in [0.25, 0.3) is 5.91 Å². The van der Waals surface area contributed by atoms with Gasteiger partial charge in [-0.3, -0.25) is 24.6 Å². The Bertz CT molecular complexity index is 1370. The van der Waals surface area contributed by atoms with Crippen molar-refractivity contribution in [2.24, 2.45) is 5.41 Å². The van der Waals surface area contributed by atoms with Crippen LogP contribution >= 0.6 is 23.7 Å². The summed E-state index contributed by atoms with van der Waals surface area (Å²) in [6, 6.07) is 9.62. The van der Waals surface area contributed by atoms with Crippen molar-refractivity contribution in [1.82, 2.24) is 25.2 Å². The van der Waals surface area contributed by atoms with Crippen molar-refractivity contribution in [3.63, 3.8) is 0 Å². The molecule has 2 saturated heterocycles. The van der Waals surface area contributed by atoms with E-state index in [1.54, 1.807) is 6.20 Å². The van der Waals surface area contributed by atoms with Gasteiger partial charge >= 0.3 is 0 Å². The van der Waals surface area contributed by atoms with E-state index < -0.39 is 6.04 Å². The van der Waals surface area contributed by atoms with Crippen molar-refractivity contribution in [2.45, 2.75) is 76.8 Å². The lowest BCUT2D eigenvalue weighted by Gasteiger charge is -2.44. The largest absolute Gasteiger partial charge is 0.326 e. The van der Waals surface area contributed by atoms with Crippen molar-refractivity contribution in [1.29, 1.82) is 0 Å². The molecule has 3 aliphatic rings. The lowest BCUT2D eigenvalue weighted by Crippen LogP contribution is -2.41. The van der Waals surface area contributed by atoms with E-state index in [-0.39, 0.29) is 43.0 Å². The zero-order valence-electron chi connectivity index (χ0n) is 23.1. The van der Waals surface area contributed by atoms with Crippen molar-refractivity contribution in [2.75, 3.05) is 18.4 Å². The van der Waals surface area contributed by atoms with Crippen LogP contribution in [-0.4, -0.2) is 50.7 Å². The highest BCUT2D eigenvalue weighted by Gasteiger charge is 2.35. The molecule has 1 unspecified atom stereocenters.